The zero-order valence-corrected chi connectivity index (χ0v) is 14.0. The molecule has 0 bridgehead atoms. The van der Waals surface area contributed by atoms with Crippen LogP contribution >= 0.6 is 11.3 Å². The number of hydrogen-bond acceptors (Lipinski definition) is 2. The smallest absolute Gasteiger partial charge is 0.0880 e. The van der Waals surface area contributed by atoms with E-state index in [0.717, 1.165) is 5.69 Å². The van der Waals surface area contributed by atoms with E-state index in [-0.39, 0.29) is 0 Å². The first-order valence-corrected chi connectivity index (χ1v) is 8.55. The van der Waals surface area contributed by atoms with Gasteiger partial charge < -0.3 is 0 Å². The molecule has 2 aromatic carbocycles. The highest BCUT2D eigenvalue weighted by molar-refractivity contribution is 7.22. The normalized spacial score (nSPS) is 11.0. The molecule has 0 spiro atoms. The molecular formula is C21H17NS. The predicted octanol–water partition coefficient (Wildman–Crippen LogP) is 6.25. The predicted molar refractivity (Wildman–Crippen MR) is 100.0 cm³/mol. The van der Waals surface area contributed by atoms with Crippen molar-refractivity contribution in [3.05, 3.63) is 78.0 Å². The van der Waals surface area contributed by atoms with Gasteiger partial charge >= 0.3 is 0 Å². The lowest BCUT2D eigenvalue weighted by atomic mass is 10.0. The summed E-state index contributed by atoms with van der Waals surface area (Å²) in [5.74, 6) is 0. The van der Waals surface area contributed by atoms with Crippen molar-refractivity contribution in [3.8, 4) is 21.7 Å². The van der Waals surface area contributed by atoms with E-state index in [1.807, 2.05) is 17.5 Å². The van der Waals surface area contributed by atoms with Crippen molar-refractivity contribution in [3.63, 3.8) is 0 Å². The Morgan fingerprint density at radius 2 is 1.52 bits per heavy atom. The van der Waals surface area contributed by atoms with Crippen LogP contribution in [-0.2, 0) is 0 Å². The summed E-state index contributed by atoms with van der Waals surface area (Å²) < 4.78 is 1.26. The minimum absolute atomic E-state index is 1.08. The van der Waals surface area contributed by atoms with Gasteiger partial charge in [-0.1, -0.05) is 47.5 Å². The Hall–Kier alpha value is -2.45. The average Bonchev–Trinajstić information content (AvgIpc) is 2.99. The summed E-state index contributed by atoms with van der Waals surface area (Å²) in [4.78, 5) is 5.97. The third kappa shape index (κ3) is 2.66. The molecule has 0 atom stereocenters. The van der Waals surface area contributed by atoms with E-state index in [9.17, 15) is 0 Å². The van der Waals surface area contributed by atoms with Crippen molar-refractivity contribution >= 4 is 21.4 Å². The van der Waals surface area contributed by atoms with Crippen LogP contribution in [0.3, 0.4) is 0 Å². The summed E-state index contributed by atoms with van der Waals surface area (Å²) >= 11 is 1.82. The van der Waals surface area contributed by atoms with Crippen LogP contribution in [-0.4, -0.2) is 4.98 Å². The van der Waals surface area contributed by atoms with E-state index in [1.54, 1.807) is 0 Å². The number of aryl methyl sites for hydroxylation is 2. The molecule has 0 amide bonds. The van der Waals surface area contributed by atoms with Crippen molar-refractivity contribution in [2.45, 2.75) is 13.8 Å². The number of fused-ring (bicyclic) bond motifs is 1. The summed E-state index contributed by atoms with van der Waals surface area (Å²) in [6.07, 6.45) is 1.91. The van der Waals surface area contributed by atoms with E-state index in [0.29, 0.717) is 0 Å². The minimum atomic E-state index is 1.08. The Morgan fingerprint density at radius 3 is 2.26 bits per heavy atom. The second kappa shape index (κ2) is 5.64. The topological polar surface area (TPSA) is 12.9 Å². The lowest BCUT2D eigenvalue weighted by molar-refractivity contribution is 1.33. The van der Waals surface area contributed by atoms with Gasteiger partial charge in [0.05, 0.1) is 10.4 Å². The van der Waals surface area contributed by atoms with Gasteiger partial charge in [-0.2, -0.15) is 0 Å². The van der Waals surface area contributed by atoms with Gasteiger partial charge in [-0.15, -0.1) is 11.3 Å². The molecule has 1 nitrogen and oxygen atoms in total. The Morgan fingerprint density at radius 1 is 0.783 bits per heavy atom. The van der Waals surface area contributed by atoms with Gasteiger partial charge in [0.2, 0.25) is 0 Å². The molecule has 0 N–H and O–H groups in total. The highest BCUT2D eigenvalue weighted by atomic mass is 32.1. The molecule has 0 unspecified atom stereocenters. The summed E-state index contributed by atoms with van der Waals surface area (Å²) in [6, 6.07) is 21.6. The molecule has 23 heavy (non-hydrogen) atoms. The van der Waals surface area contributed by atoms with Crippen molar-refractivity contribution in [2.24, 2.45) is 0 Å². The first kappa shape index (κ1) is 14.2. The number of pyridine rings is 1. The quantitative estimate of drug-likeness (QED) is 0.426. The molecule has 0 aliphatic rings. The van der Waals surface area contributed by atoms with E-state index in [2.05, 4.69) is 79.5 Å². The van der Waals surface area contributed by atoms with Crippen molar-refractivity contribution < 1.29 is 0 Å². The maximum Gasteiger partial charge on any atom is 0.0880 e. The number of thiophene rings is 1. The zero-order valence-electron chi connectivity index (χ0n) is 13.2. The Balaban J connectivity index is 1.93. The summed E-state index contributed by atoms with van der Waals surface area (Å²) in [5, 5.41) is 1.26. The Labute approximate surface area is 140 Å². The lowest BCUT2D eigenvalue weighted by Crippen LogP contribution is -1.86. The number of aromatic nitrogens is 1. The van der Waals surface area contributed by atoms with Crippen LogP contribution in [0.4, 0.5) is 0 Å². The average molecular weight is 315 g/mol. The van der Waals surface area contributed by atoms with Crippen molar-refractivity contribution in [1.82, 2.24) is 4.98 Å². The molecule has 0 saturated carbocycles. The maximum absolute atomic E-state index is 4.68. The molecule has 4 rings (SSSR count). The molecule has 2 heteroatoms. The van der Waals surface area contributed by atoms with Crippen LogP contribution < -0.4 is 0 Å². The largest absolute Gasteiger partial charge is 0.255 e. The highest BCUT2D eigenvalue weighted by Gasteiger charge is 2.11. The Bertz CT molecular complexity index is 963. The van der Waals surface area contributed by atoms with Crippen LogP contribution in [0.2, 0.25) is 0 Å². The van der Waals surface area contributed by atoms with Gasteiger partial charge in [0, 0.05) is 16.6 Å². The first-order valence-electron chi connectivity index (χ1n) is 7.73. The fourth-order valence-electron chi connectivity index (χ4n) is 3.03. The van der Waals surface area contributed by atoms with Crippen molar-refractivity contribution in [2.75, 3.05) is 0 Å². The molecule has 2 heterocycles. The molecule has 0 aliphatic carbocycles. The number of benzene rings is 2. The van der Waals surface area contributed by atoms with Crippen LogP contribution in [0.15, 0.2) is 66.9 Å². The molecule has 0 fully saturated rings. The summed E-state index contributed by atoms with van der Waals surface area (Å²) in [5.41, 5.74) is 6.10. The van der Waals surface area contributed by atoms with Crippen LogP contribution in [0, 0.1) is 13.8 Å². The van der Waals surface area contributed by atoms with E-state index < -0.39 is 0 Å². The highest BCUT2D eigenvalue weighted by Crippen LogP contribution is 2.38. The van der Waals surface area contributed by atoms with Gasteiger partial charge in [-0.3, -0.25) is 4.98 Å². The lowest BCUT2D eigenvalue weighted by Gasteiger charge is -2.05. The standard InChI is InChI=1S/C21H17NS/c1-14-10-15(2)12-18(11-14)20-21-17(8-9-22-20)13-19(23-21)16-6-4-3-5-7-16/h3-13H,1-2H3. The second-order valence-corrected chi connectivity index (χ2v) is 6.98. The molecule has 112 valence electrons. The molecule has 2 aromatic heterocycles. The fourth-order valence-corrected chi connectivity index (χ4v) is 4.20. The molecular weight excluding hydrogens is 298 g/mol. The van der Waals surface area contributed by atoms with E-state index in [1.165, 1.54) is 37.2 Å². The van der Waals surface area contributed by atoms with Crippen LogP contribution in [0.5, 0.6) is 0 Å². The zero-order chi connectivity index (χ0) is 15.8. The van der Waals surface area contributed by atoms with Crippen molar-refractivity contribution in [1.29, 1.82) is 0 Å². The van der Waals surface area contributed by atoms with Gasteiger partial charge in [0.1, 0.15) is 0 Å². The third-order valence-electron chi connectivity index (χ3n) is 3.99. The number of hydrogen-bond donors (Lipinski definition) is 0. The number of rotatable bonds is 2. The third-order valence-corrected chi connectivity index (χ3v) is 5.19. The summed E-state index contributed by atoms with van der Waals surface area (Å²) in [6.45, 7) is 4.28. The number of nitrogens with zero attached hydrogens (tertiary/aromatic N) is 1. The molecule has 0 saturated heterocycles. The fraction of sp³-hybridized carbons (Fsp3) is 0.0952. The van der Waals surface area contributed by atoms with Gasteiger partial charge in [0.25, 0.3) is 0 Å². The molecule has 0 aliphatic heterocycles. The van der Waals surface area contributed by atoms with Gasteiger partial charge in [0.15, 0.2) is 0 Å². The summed E-state index contributed by atoms with van der Waals surface area (Å²) in [7, 11) is 0. The van der Waals surface area contributed by atoms with Crippen LogP contribution in [0.1, 0.15) is 11.1 Å². The maximum atomic E-state index is 4.68. The first-order chi connectivity index (χ1) is 11.2. The van der Waals surface area contributed by atoms with Crippen LogP contribution in [0.25, 0.3) is 31.8 Å². The monoisotopic (exact) mass is 315 g/mol. The molecule has 4 aromatic rings. The van der Waals surface area contributed by atoms with E-state index >= 15 is 0 Å². The molecule has 0 radical (unpaired) electrons. The SMILES string of the molecule is Cc1cc(C)cc(-c2nccc3cc(-c4ccccc4)sc23)c1. The minimum Gasteiger partial charge on any atom is -0.255 e. The second-order valence-electron chi connectivity index (χ2n) is 5.93. The Kier molecular flexibility index (Phi) is 3.47. The van der Waals surface area contributed by atoms with Gasteiger partial charge in [-0.05, 0) is 49.1 Å². The van der Waals surface area contributed by atoms with E-state index in [4.69, 9.17) is 0 Å². The van der Waals surface area contributed by atoms with Gasteiger partial charge in [-0.25, -0.2) is 0 Å².